The number of hydrogen-bond donors (Lipinski definition) is 1. The Morgan fingerprint density at radius 2 is 1.95 bits per heavy atom. The topological polar surface area (TPSA) is 33.1 Å². The van der Waals surface area contributed by atoms with E-state index in [1.807, 2.05) is 6.20 Å². The Kier molecular flexibility index (Phi) is 8.54. The fourth-order valence-electron chi connectivity index (χ4n) is 2.47. The van der Waals surface area contributed by atoms with E-state index in [1.165, 1.54) is 12.0 Å². The highest BCUT2D eigenvalue weighted by molar-refractivity contribution is 5.10. The molecule has 4 nitrogen and oxygen atoms in total. The van der Waals surface area contributed by atoms with Crippen molar-refractivity contribution in [1.82, 2.24) is 20.0 Å². The summed E-state index contributed by atoms with van der Waals surface area (Å²) in [5.41, 5.74) is 1.33. The summed E-state index contributed by atoms with van der Waals surface area (Å²) in [5.74, 6) is 0. The largest absolute Gasteiger partial charge is 0.310 e. The lowest BCUT2D eigenvalue weighted by molar-refractivity contribution is 0.281. The summed E-state index contributed by atoms with van der Waals surface area (Å²) in [5, 5.41) is 8.13. The van der Waals surface area contributed by atoms with E-state index < -0.39 is 0 Å². The van der Waals surface area contributed by atoms with Gasteiger partial charge in [0.05, 0.1) is 6.20 Å². The number of aryl methyl sites for hydroxylation is 1. The van der Waals surface area contributed by atoms with E-state index in [4.69, 9.17) is 0 Å². The van der Waals surface area contributed by atoms with Crippen LogP contribution in [-0.4, -0.2) is 40.9 Å². The van der Waals surface area contributed by atoms with Crippen LogP contribution in [0.25, 0.3) is 0 Å². The molecule has 0 spiro atoms. The minimum absolute atomic E-state index is 0.432. The zero-order chi connectivity index (χ0) is 14.8. The van der Waals surface area contributed by atoms with Gasteiger partial charge in [0.2, 0.25) is 0 Å². The summed E-state index contributed by atoms with van der Waals surface area (Å²) in [6, 6.07) is 0.432. The van der Waals surface area contributed by atoms with Crippen LogP contribution in [-0.2, 0) is 6.54 Å². The van der Waals surface area contributed by atoms with Gasteiger partial charge in [-0.1, -0.05) is 27.7 Å². The van der Waals surface area contributed by atoms with Crippen LogP contribution in [0.4, 0.5) is 0 Å². The van der Waals surface area contributed by atoms with Crippen molar-refractivity contribution in [3.63, 3.8) is 0 Å². The number of hydrogen-bond acceptors (Lipinski definition) is 3. The quantitative estimate of drug-likeness (QED) is 0.676. The van der Waals surface area contributed by atoms with E-state index in [9.17, 15) is 0 Å². The molecule has 0 amide bonds. The van der Waals surface area contributed by atoms with Crippen LogP contribution < -0.4 is 5.32 Å². The third-order valence-electron chi connectivity index (χ3n) is 3.78. The van der Waals surface area contributed by atoms with Crippen molar-refractivity contribution in [2.45, 2.75) is 59.5 Å². The zero-order valence-corrected chi connectivity index (χ0v) is 13.7. The maximum absolute atomic E-state index is 4.47. The Morgan fingerprint density at radius 3 is 2.55 bits per heavy atom. The van der Waals surface area contributed by atoms with Gasteiger partial charge in [-0.25, -0.2) is 0 Å². The van der Waals surface area contributed by atoms with Crippen LogP contribution >= 0.6 is 0 Å². The van der Waals surface area contributed by atoms with Crippen molar-refractivity contribution in [2.75, 3.05) is 26.2 Å². The van der Waals surface area contributed by atoms with Crippen LogP contribution in [0.2, 0.25) is 0 Å². The van der Waals surface area contributed by atoms with E-state index in [0.29, 0.717) is 6.04 Å². The first-order chi connectivity index (χ1) is 9.74. The molecule has 1 N–H and O–H groups in total. The van der Waals surface area contributed by atoms with Crippen molar-refractivity contribution in [2.24, 2.45) is 0 Å². The number of aromatic nitrogens is 2. The van der Waals surface area contributed by atoms with E-state index in [0.717, 1.165) is 45.6 Å². The number of nitrogens with one attached hydrogen (secondary N) is 1. The van der Waals surface area contributed by atoms with Gasteiger partial charge in [-0.05, 0) is 45.4 Å². The average Bonchev–Trinajstić information content (AvgIpc) is 2.92. The smallest absolute Gasteiger partial charge is 0.0537 e. The van der Waals surface area contributed by atoms with E-state index in [2.05, 4.69) is 53.9 Å². The summed E-state index contributed by atoms with van der Waals surface area (Å²) in [6.45, 7) is 14.4. The highest BCUT2D eigenvalue weighted by atomic mass is 15.3. The maximum atomic E-state index is 4.47. The molecule has 20 heavy (non-hydrogen) atoms. The molecule has 0 bridgehead atoms. The summed E-state index contributed by atoms with van der Waals surface area (Å²) in [7, 11) is 0. The average molecular weight is 280 g/mol. The first kappa shape index (κ1) is 17.2. The fraction of sp³-hybridized carbons (Fsp3) is 0.812. The van der Waals surface area contributed by atoms with Gasteiger partial charge < -0.3 is 10.2 Å². The highest BCUT2D eigenvalue weighted by Crippen LogP contribution is 2.17. The van der Waals surface area contributed by atoms with E-state index in [1.54, 1.807) is 0 Å². The first-order valence-corrected chi connectivity index (χ1v) is 8.23. The van der Waals surface area contributed by atoms with E-state index in [-0.39, 0.29) is 0 Å². The second kappa shape index (κ2) is 9.94. The molecule has 0 radical (unpaired) electrons. The SMILES string of the molecule is CCCNC(CCN(CC)CC)c1cnn(CCC)c1. The minimum Gasteiger partial charge on any atom is -0.310 e. The lowest BCUT2D eigenvalue weighted by Crippen LogP contribution is -2.29. The van der Waals surface area contributed by atoms with Gasteiger partial charge in [0.25, 0.3) is 0 Å². The molecule has 0 aliphatic carbocycles. The van der Waals surface area contributed by atoms with Crippen molar-refractivity contribution in [3.8, 4) is 0 Å². The molecular weight excluding hydrogens is 248 g/mol. The van der Waals surface area contributed by atoms with Gasteiger partial charge in [-0.15, -0.1) is 0 Å². The van der Waals surface area contributed by atoms with Gasteiger partial charge in [-0.2, -0.15) is 5.10 Å². The molecule has 0 saturated carbocycles. The molecule has 1 aromatic rings. The number of rotatable bonds is 11. The molecule has 0 fully saturated rings. The van der Waals surface area contributed by atoms with Gasteiger partial charge in [-0.3, -0.25) is 4.68 Å². The number of nitrogens with zero attached hydrogens (tertiary/aromatic N) is 3. The second-order valence-corrected chi connectivity index (χ2v) is 5.36. The predicted molar refractivity (Wildman–Crippen MR) is 86.0 cm³/mol. The predicted octanol–water partition coefficient (Wildman–Crippen LogP) is 3.07. The normalized spacial score (nSPS) is 13.1. The van der Waals surface area contributed by atoms with Crippen molar-refractivity contribution in [1.29, 1.82) is 0 Å². The lowest BCUT2D eigenvalue weighted by Gasteiger charge is -2.23. The van der Waals surface area contributed by atoms with Crippen LogP contribution in [0.5, 0.6) is 0 Å². The Bertz CT molecular complexity index is 344. The Hall–Kier alpha value is -0.870. The molecule has 1 rings (SSSR count). The standard InChI is InChI=1S/C16H32N4/c1-5-10-17-16(9-12-19(7-3)8-4)15-13-18-20(14-15)11-6-2/h13-14,16-17H,5-12H2,1-4H3. The summed E-state index contributed by atoms with van der Waals surface area (Å²) >= 11 is 0. The highest BCUT2D eigenvalue weighted by Gasteiger charge is 2.14. The molecule has 1 atom stereocenters. The summed E-state index contributed by atoms with van der Waals surface area (Å²) in [6.07, 6.45) is 7.70. The molecular formula is C16H32N4. The van der Waals surface area contributed by atoms with Crippen LogP contribution in [0.3, 0.4) is 0 Å². The molecule has 1 aromatic heterocycles. The fourth-order valence-corrected chi connectivity index (χ4v) is 2.47. The molecule has 1 unspecified atom stereocenters. The summed E-state index contributed by atoms with van der Waals surface area (Å²) < 4.78 is 2.06. The molecule has 4 heteroatoms. The van der Waals surface area contributed by atoms with Crippen LogP contribution in [0.1, 0.15) is 58.6 Å². The van der Waals surface area contributed by atoms with Crippen molar-refractivity contribution in [3.05, 3.63) is 18.0 Å². The summed E-state index contributed by atoms with van der Waals surface area (Å²) in [4.78, 5) is 2.48. The van der Waals surface area contributed by atoms with Crippen LogP contribution in [0, 0.1) is 0 Å². The molecule has 116 valence electrons. The Balaban J connectivity index is 2.61. The molecule has 0 saturated heterocycles. The van der Waals surface area contributed by atoms with Crippen LogP contribution in [0.15, 0.2) is 12.4 Å². The minimum atomic E-state index is 0.432. The van der Waals surface area contributed by atoms with Gasteiger partial charge in [0.1, 0.15) is 0 Å². The monoisotopic (exact) mass is 280 g/mol. The molecule has 0 aromatic carbocycles. The Labute approximate surface area is 124 Å². The second-order valence-electron chi connectivity index (χ2n) is 5.36. The van der Waals surface area contributed by atoms with E-state index >= 15 is 0 Å². The lowest BCUT2D eigenvalue weighted by atomic mass is 10.1. The third kappa shape index (κ3) is 5.63. The molecule has 1 heterocycles. The first-order valence-electron chi connectivity index (χ1n) is 8.23. The van der Waals surface area contributed by atoms with Crippen molar-refractivity contribution >= 4 is 0 Å². The zero-order valence-electron chi connectivity index (χ0n) is 13.7. The van der Waals surface area contributed by atoms with Gasteiger partial charge >= 0.3 is 0 Å². The Morgan fingerprint density at radius 1 is 1.20 bits per heavy atom. The molecule has 0 aliphatic heterocycles. The van der Waals surface area contributed by atoms with Crippen molar-refractivity contribution < 1.29 is 0 Å². The third-order valence-corrected chi connectivity index (χ3v) is 3.78. The molecule has 0 aliphatic rings. The van der Waals surface area contributed by atoms with Gasteiger partial charge in [0.15, 0.2) is 0 Å². The maximum Gasteiger partial charge on any atom is 0.0537 e. The van der Waals surface area contributed by atoms with Gasteiger partial charge in [0, 0.05) is 24.3 Å².